The molecule has 6 nitrogen and oxygen atoms in total. The van der Waals surface area contributed by atoms with Crippen molar-refractivity contribution >= 4 is 0 Å². The number of aromatic nitrogens is 2. The minimum atomic E-state index is -0.660. The first-order valence-corrected chi connectivity index (χ1v) is 7.09. The molecule has 0 saturated carbocycles. The van der Waals surface area contributed by atoms with E-state index in [1.54, 1.807) is 31.0 Å². The van der Waals surface area contributed by atoms with Crippen molar-refractivity contribution in [2.75, 3.05) is 27.8 Å². The van der Waals surface area contributed by atoms with E-state index in [-0.39, 0.29) is 0 Å². The molecule has 0 saturated heterocycles. The SMILES string of the molecule is COc1ccc(OC)c([C@H](O)CN(C)Cc2cnn(C)c2)c1. The summed E-state index contributed by atoms with van der Waals surface area (Å²) >= 11 is 0. The molecule has 1 atom stereocenters. The Balaban J connectivity index is 2.05. The molecule has 0 bridgehead atoms. The van der Waals surface area contributed by atoms with E-state index in [4.69, 9.17) is 9.47 Å². The lowest BCUT2D eigenvalue weighted by atomic mass is 10.1. The third-order valence-corrected chi connectivity index (χ3v) is 3.49. The summed E-state index contributed by atoms with van der Waals surface area (Å²) in [4.78, 5) is 2.04. The lowest BCUT2D eigenvalue weighted by Gasteiger charge is -2.22. The van der Waals surface area contributed by atoms with Gasteiger partial charge in [0.15, 0.2) is 0 Å². The molecule has 0 fully saturated rings. The molecule has 2 aromatic rings. The lowest BCUT2D eigenvalue weighted by molar-refractivity contribution is 0.121. The van der Waals surface area contributed by atoms with Gasteiger partial charge in [0, 0.05) is 37.5 Å². The van der Waals surface area contributed by atoms with E-state index in [9.17, 15) is 5.11 Å². The summed E-state index contributed by atoms with van der Waals surface area (Å²) in [6, 6.07) is 5.42. The van der Waals surface area contributed by atoms with Crippen molar-refractivity contribution in [2.24, 2.45) is 7.05 Å². The number of likely N-dealkylation sites (N-methyl/N-ethyl adjacent to an activating group) is 1. The Labute approximate surface area is 130 Å². The zero-order chi connectivity index (χ0) is 16.1. The molecule has 1 aromatic carbocycles. The fourth-order valence-corrected chi connectivity index (χ4v) is 2.42. The molecule has 0 aliphatic rings. The van der Waals surface area contributed by atoms with Crippen molar-refractivity contribution in [1.29, 1.82) is 0 Å². The minimum Gasteiger partial charge on any atom is -0.497 e. The van der Waals surface area contributed by atoms with Gasteiger partial charge < -0.3 is 14.6 Å². The second-order valence-electron chi connectivity index (χ2n) is 5.34. The normalized spacial score (nSPS) is 12.5. The summed E-state index contributed by atoms with van der Waals surface area (Å²) < 4.78 is 12.3. The Kier molecular flexibility index (Phi) is 5.41. The largest absolute Gasteiger partial charge is 0.497 e. The number of benzene rings is 1. The van der Waals surface area contributed by atoms with Crippen molar-refractivity contribution in [3.05, 3.63) is 41.7 Å². The maximum atomic E-state index is 10.5. The van der Waals surface area contributed by atoms with E-state index in [0.29, 0.717) is 18.0 Å². The lowest BCUT2D eigenvalue weighted by Crippen LogP contribution is -2.24. The average Bonchev–Trinajstić information content (AvgIpc) is 2.91. The molecule has 0 aliphatic heterocycles. The maximum Gasteiger partial charge on any atom is 0.124 e. The van der Waals surface area contributed by atoms with Crippen LogP contribution < -0.4 is 9.47 Å². The van der Waals surface area contributed by atoms with Crippen molar-refractivity contribution in [3.63, 3.8) is 0 Å². The van der Waals surface area contributed by atoms with Gasteiger partial charge in [-0.15, -0.1) is 0 Å². The van der Waals surface area contributed by atoms with Gasteiger partial charge in [0.25, 0.3) is 0 Å². The molecule has 0 aliphatic carbocycles. The molecule has 6 heteroatoms. The summed E-state index contributed by atoms with van der Waals surface area (Å²) in [6.45, 7) is 1.20. The van der Waals surface area contributed by atoms with Crippen molar-refractivity contribution < 1.29 is 14.6 Å². The quantitative estimate of drug-likeness (QED) is 0.842. The highest BCUT2D eigenvalue weighted by Gasteiger charge is 2.17. The molecular formula is C16H23N3O3. The van der Waals surface area contributed by atoms with E-state index in [2.05, 4.69) is 5.10 Å². The maximum absolute atomic E-state index is 10.5. The molecule has 22 heavy (non-hydrogen) atoms. The second kappa shape index (κ2) is 7.29. The first kappa shape index (κ1) is 16.3. The van der Waals surface area contributed by atoms with Crippen molar-refractivity contribution in [2.45, 2.75) is 12.6 Å². The van der Waals surface area contributed by atoms with Crippen LogP contribution in [0.25, 0.3) is 0 Å². The summed E-state index contributed by atoms with van der Waals surface area (Å²) in [6.07, 6.45) is 3.14. The van der Waals surface area contributed by atoms with E-state index in [1.807, 2.05) is 37.5 Å². The number of rotatable bonds is 7. The number of methoxy groups -OCH3 is 2. The third kappa shape index (κ3) is 3.99. The Morgan fingerprint density at radius 3 is 2.68 bits per heavy atom. The molecule has 1 aromatic heterocycles. The Hall–Kier alpha value is -2.05. The number of aryl methyl sites for hydroxylation is 1. The molecule has 2 rings (SSSR count). The van der Waals surface area contributed by atoms with Crippen LogP contribution in [0, 0.1) is 0 Å². The van der Waals surface area contributed by atoms with Gasteiger partial charge >= 0.3 is 0 Å². The number of aliphatic hydroxyl groups is 1. The number of hydrogen-bond donors (Lipinski definition) is 1. The minimum absolute atomic E-state index is 0.485. The molecule has 0 unspecified atom stereocenters. The van der Waals surface area contributed by atoms with E-state index in [1.165, 1.54) is 0 Å². The molecule has 1 N–H and O–H groups in total. The molecule has 0 spiro atoms. The first-order valence-electron chi connectivity index (χ1n) is 7.09. The highest BCUT2D eigenvalue weighted by atomic mass is 16.5. The standard InChI is InChI=1S/C16H23N3O3/c1-18(9-12-8-17-19(2)10-12)11-15(20)14-7-13(21-3)5-6-16(14)22-4/h5-8,10,15,20H,9,11H2,1-4H3/t15-/m1/s1. The third-order valence-electron chi connectivity index (χ3n) is 3.49. The molecule has 0 radical (unpaired) electrons. The highest BCUT2D eigenvalue weighted by Crippen LogP contribution is 2.29. The number of nitrogens with zero attached hydrogens (tertiary/aromatic N) is 3. The van der Waals surface area contributed by atoms with Gasteiger partial charge in [0.1, 0.15) is 11.5 Å². The van der Waals surface area contributed by atoms with E-state index in [0.717, 1.165) is 17.7 Å². The summed E-state index contributed by atoms with van der Waals surface area (Å²) in [5, 5.41) is 14.7. The van der Waals surface area contributed by atoms with Crippen LogP contribution in [0.3, 0.4) is 0 Å². The molecule has 1 heterocycles. The van der Waals surface area contributed by atoms with Crippen molar-refractivity contribution in [1.82, 2.24) is 14.7 Å². The Bertz CT molecular complexity index is 612. The fourth-order valence-electron chi connectivity index (χ4n) is 2.42. The highest BCUT2D eigenvalue weighted by molar-refractivity contribution is 5.41. The summed E-state index contributed by atoms with van der Waals surface area (Å²) in [5.41, 5.74) is 1.83. The fraction of sp³-hybridized carbons (Fsp3) is 0.438. The van der Waals surface area contributed by atoms with Gasteiger partial charge in [0.2, 0.25) is 0 Å². The summed E-state index contributed by atoms with van der Waals surface area (Å²) in [7, 11) is 7.05. The van der Waals surface area contributed by atoms with Crippen LogP contribution in [-0.2, 0) is 13.6 Å². The topological polar surface area (TPSA) is 59.8 Å². The monoisotopic (exact) mass is 305 g/mol. The molecule has 120 valence electrons. The van der Waals surface area contributed by atoms with E-state index < -0.39 is 6.10 Å². The smallest absolute Gasteiger partial charge is 0.124 e. The Morgan fingerprint density at radius 2 is 2.09 bits per heavy atom. The van der Waals surface area contributed by atoms with Gasteiger partial charge in [-0.2, -0.15) is 5.10 Å². The van der Waals surface area contributed by atoms with E-state index >= 15 is 0 Å². The molecule has 0 amide bonds. The van der Waals surface area contributed by atoms with Crippen LogP contribution in [0.5, 0.6) is 11.5 Å². The van der Waals surface area contributed by atoms with Crippen LogP contribution in [-0.4, -0.2) is 47.6 Å². The van der Waals surface area contributed by atoms with Crippen LogP contribution >= 0.6 is 0 Å². The van der Waals surface area contributed by atoms with Gasteiger partial charge in [-0.25, -0.2) is 0 Å². The van der Waals surface area contributed by atoms with Crippen LogP contribution in [0.1, 0.15) is 17.2 Å². The first-order chi connectivity index (χ1) is 10.5. The number of hydrogen-bond acceptors (Lipinski definition) is 5. The van der Waals surface area contributed by atoms with Crippen molar-refractivity contribution in [3.8, 4) is 11.5 Å². The number of ether oxygens (including phenoxy) is 2. The van der Waals surface area contributed by atoms with Gasteiger partial charge in [-0.05, 0) is 25.2 Å². The Morgan fingerprint density at radius 1 is 1.32 bits per heavy atom. The van der Waals surface area contributed by atoms with Crippen LogP contribution in [0.15, 0.2) is 30.6 Å². The van der Waals surface area contributed by atoms with Crippen LogP contribution in [0.4, 0.5) is 0 Å². The second-order valence-corrected chi connectivity index (χ2v) is 5.34. The number of aliphatic hydroxyl groups excluding tert-OH is 1. The molecular weight excluding hydrogens is 282 g/mol. The predicted octanol–water partition coefficient (Wildman–Crippen LogP) is 1.60. The van der Waals surface area contributed by atoms with Gasteiger partial charge in [-0.1, -0.05) is 0 Å². The van der Waals surface area contributed by atoms with Gasteiger partial charge in [-0.3, -0.25) is 9.58 Å². The average molecular weight is 305 g/mol. The zero-order valence-corrected chi connectivity index (χ0v) is 13.5. The predicted molar refractivity (Wildman–Crippen MR) is 84.0 cm³/mol. The van der Waals surface area contributed by atoms with Crippen LogP contribution in [0.2, 0.25) is 0 Å². The zero-order valence-electron chi connectivity index (χ0n) is 13.5. The van der Waals surface area contributed by atoms with Gasteiger partial charge in [0.05, 0.1) is 26.5 Å². The summed E-state index contributed by atoms with van der Waals surface area (Å²) in [5.74, 6) is 1.35.